The third-order valence-corrected chi connectivity index (χ3v) is 0. The molecular weight excluding hydrogens is 141 g/mol. The maximum Gasteiger partial charge on any atom is 1.00 e. The van der Waals surface area contributed by atoms with Crippen molar-refractivity contribution in [2.24, 2.45) is 0 Å². The quantitative estimate of drug-likeness (QED) is 0.344. The van der Waals surface area contributed by atoms with Crippen LogP contribution in [-0.2, 0) is 17.1 Å². The van der Waals surface area contributed by atoms with E-state index in [-0.39, 0.29) is 62.2 Å². The minimum atomic E-state index is 0. The first-order valence-corrected chi connectivity index (χ1v) is 0. The van der Waals surface area contributed by atoms with Gasteiger partial charge in [0.05, 0.1) is 0 Å². The first-order chi connectivity index (χ1) is 0. The summed E-state index contributed by atoms with van der Waals surface area (Å²) in [5.41, 5.74) is 0. The number of halogens is 2. The van der Waals surface area contributed by atoms with Crippen LogP contribution in [0.3, 0.4) is 0 Å². The van der Waals surface area contributed by atoms with Crippen molar-refractivity contribution in [2.45, 2.75) is 0 Å². The average Bonchev–Trinajstić information content (AvgIpc) is 0. The minimum absolute atomic E-state index is 0. The average molecular weight is 144 g/mol. The third-order valence-electron chi connectivity index (χ3n) is 0. The smallest absolute Gasteiger partial charge is 1.00 e. The van der Waals surface area contributed by atoms with E-state index in [0.717, 1.165) is 0 Å². The van der Waals surface area contributed by atoms with Crippen LogP contribution in [0.2, 0.25) is 0 Å². The molecular formula is H3Cl2CuLi. The van der Waals surface area contributed by atoms with Gasteiger partial charge in [0.1, 0.15) is 0 Å². The van der Waals surface area contributed by atoms with E-state index in [1.807, 2.05) is 0 Å². The van der Waals surface area contributed by atoms with Crippen LogP contribution >= 0.6 is 24.8 Å². The summed E-state index contributed by atoms with van der Waals surface area (Å²) in [6.07, 6.45) is 0. The first-order valence-electron chi connectivity index (χ1n) is 0. The van der Waals surface area contributed by atoms with Crippen molar-refractivity contribution in [1.82, 2.24) is 0 Å². The molecule has 0 aromatic carbocycles. The van der Waals surface area contributed by atoms with Crippen LogP contribution in [0.1, 0.15) is 1.43 Å². The van der Waals surface area contributed by atoms with Crippen molar-refractivity contribution in [3.63, 3.8) is 0 Å². The molecule has 0 amide bonds. The van der Waals surface area contributed by atoms with Gasteiger partial charge in [0.15, 0.2) is 0 Å². The summed E-state index contributed by atoms with van der Waals surface area (Å²) >= 11 is 0. The predicted molar refractivity (Wildman–Crippen MR) is 15.6 cm³/mol. The van der Waals surface area contributed by atoms with E-state index in [2.05, 4.69) is 0 Å². The van der Waals surface area contributed by atoms with Gasteiger partial charge in [-0.25, -0.2) is 0 Å². The van der Waals surface area contributed by atoms with Gasteiger partial charge < -0.3 is 1.43 Å². The van der Waals surface area contributed by atoms with Crippen LogP contribution in [0.4, 0.5) is 0 Å². The molecule has 0 bridgehead atoms. The summed E-state index contributed by atoms with van der Waals surface area (Å²) < 4.78 is 0. The zero-order valence-corrected chi connectivity index (χ0v) is 4.69. The fraction of sp³-hybridized carbons (Fsp3) is 0. The van der Waals surface area contributed by atoms with Crippen molar-refractivity contribution >= 4 is 24.8 Å². The molecule has 0 aromatic heterocycles. The number of hydrogen-bond donors (Lipinski definition) is 0. The Kier molecular flexibility index (Phi) is 243. The molecule has 0 aliphatic rings. The van der Waals surface area contributed by atoms with E-state index in [1.165, 1.54) is 0 Å². The minimum Gasteiger partial charge on any atom is -1.00 e. The molecule has 1 radical (unpaired) electrons. The molecule has 0 aromatic rings. The summed E-state index contributed by atoms with van der Waals surface area (Å²) in [6, 6.07) is 0. The Labute approximate surface area is 62.1 Å². The Morgan fingerprint density at radius 2 is 1.00 bits per heavy atom. The fourth-order valence-corrected chi connectivity index (χ4v) is 0. The Morgan fingerprint density at radius 3 is 1.00 bits per heavy atom. The maximum absolute atomic E-state index is 0. The molecule has 29 valence electrons. The van der Waals surface area contributed by atoms with Gasteiger partial charge in [0.2, 0.25) is 0 Å². The molecule has 0 spiro atoms. The van der Waals surface area contributed by atoms with E-state index in [1.54, 1.807) is 0 Å². The molecule has 0 unspecified atom stereocenters. The van der Waals surface area contributed by atoms with Gasteiger partial charge >= 0.3 is 18.9 Å². The van der Waals surface area contributed by atoms with Crippen LogP contribution < -0.4 is 18.9 Å². The fourth-order valence-electron chi connectivity index (χ4n) is 0. The molecule has 0 fully saturated rings. The van der Waals surface area contributed by atoms with Crippen molar-refractivity contribution in [3.05, 3.63) is 0 Å². The third kappa shape index (κ3) is 9.34. The molecule has 0 saturated carbocycles. The van der Waals surface area contributed by atoms with E-state index < -0.39 is 0 Å². The second kappa shape index (κ2) is 22.3. The van der Waals surface area contributed by atoms with Crippen molar-refractivity contribution in [1.29, 1.82) is 0 Å². The number of hydrogen-bond acceptors (Lipinski definition) is 0. The summed E-state index contributed by atoms with van der Waals surface area (Å²) in [5.74, 6) is 0. The van der Waals surface area contributed by atoms with E-state index in [4.69, 9.17) is 0 Å². The molecule has 0 saturated heterocycles. The van der Waals surface area contributed by atoms with Crippen LogP contribution in [0.15, 0.2) is 0 Å². The van der Waals surface area contributed by atoms with Gasteiger partial charge in [-0.3, -0.25) is 0 Å². The number of rotatable bonds is 0. The van der Waals surface area contributed by atoms with Crippen LogP contribution in [0.25, 0.3) is 0 Å². The van der Waals surface area contributed by atoms with Gasteiger partial charge in [-0.15, -0.1) is 24.8 Å². The molecule has 0 rings (SSSR count). The van der Waals surface area contributed by atoms with Crippen LogP contribution in [0.5, 0.6) is 0 Å². The molecule has 0 aliphatic carbocycles. The summed E-state index contributed by atoms with van der Waals surface area (Å²) in [5, 5.41) is 0. The summed E-state index contributed by atoms with van der Waals surface area (Å²) in [7, 11) is 0. The molecule has 4 heavy (non-hydrogen) atoms. The standard InChI is InChI=1S/2ClH.Cu.Li.H/h2*1H;;;/q;;;+1;-1. The molecule has 0 N–H and O–H groups in total. The second-order valence-corrected chi connectivity index (χ2v) is 0. The normalized spacial score (nSPS) is 0. The Bertz CT molecular complexity index is 9.61. The van der Waals surface area contributed by atoms with Crippen molar-refractivity contribution < 1.29 is 37.4 Å². The van der Waals surface area contributed by atoms with Gasteiger partial charge in [0, 0.05) is 17.1 Å². The monoisotopic (exact) mass is 143 g/mol. The Hall–Kier alpha value is 1.70. The van der Waals surface area contributed by atoms with Crippen molar-refractivity contribution in [2.75, 3.05) is 0 Å². The topological polar surface area (TPSA) is 0 Å². The first kappa shape index (κ1) is 43.6. The summed E-state index contributed by atoms with van der Waals surface area (Å²) in [6.45, 7) is 0. The van der Waals surface area contributed by atoms with Crippen LogP contribution in [-0.4, -0.2) is 0 Å². The Morgan fingerprint density at radius 1 is 1.00 bits per heavy atom. The summed E-state index contributed by atoms with van der Waals surface area (Å²) in [4.78, 5) is 0. The Balaban J connectivity index is 0. The SMILES string of the molecule is Cl.Cl.[Cu].[H-].[Li+]. The van der Waals surface area contributed by atoms with Gasteiger partial charge in [-0.1, -0.05) is 0 Å². The molecule has 0 aliphatic heterocycles. The largest absolute Gasteiger partial charge is 1.00 e. The van der Waals surface area contributed by atoms with Crippen molar-refractivity contribution in [3.8, 4) is 0 Å². The predicted octanol–water partition coefficient (Wildman–Crippen LogP) is -2.04. The molecule has 4 heteroatoms. The van der Waals surface area contributed by atoms with Gasteiger partial charge in [-0.05, 0) is 0 Å². The van der Waals surface area contributed by atoms with Gasteiger partial charge in [-0.2, -0.15) is 0 Å². The van der Waals surface area contributed by atoms with E-state index in [0.29, 0.717) is 0 Å². The molecule has 0 atom stereocenters. The zero-order chi connectivity index (χ0) is 0. The van der Waals surface area contributed by atoms with Gasteiger partial charge in [0.25, 0.3) is 0 Å². The molecule has 0 heterocycles. The zero-order valence-electron chi connectivity index (χ0n) is 3.12. The second-order valence-electron chi connectivity index (χ2n) is 0. The van der Waals surface area contributed by atoms with E-state index in [9.17, 15) is 0 Å². The van der Waals surface area contributed by atoms with E-state index >= 15 is 0 Å². The van der Waals surface area contributed by atoms with Crippen LogP contribution in [0, 0.1) is 0 Å². The maximum atomic E-state index is 0. The molecule has 0 nitrogen and oxygen atoms in total.